The van der Waals surface area contributed by atoms with Crippen LogP contribution in [0.1, 0.15) is 32.6 Å². The second-order valence-electron chi connectivity index (χ2n) is 4.54. The SMILES string of the molecule is CCN(C)C(=O)COC1CCCCC1CN. The van der Waals surface area contributed by atoms with E-state index in [2.05, 4.69) is 0 Å². The number of carbonyl (C=O) groups is 1. The summed E-state index contributed by atoms with van der Waals surface area (Å²) in [5.74, 6) is 0.498. The number of nitrogens with two attached hydrogens (primary N) is 1. The van der Waals surface area contributed by atoms with Gasteiger partial charge in [-0.3, -0.25) is 4.79 Å². The standard InChI is InChI=1S/C12H24N2O2/c1-3-14(2)12(15)9-16-11-7-5-4-6-10(11)8-13/h10-11H,3-9,13H2,1-2H3. The molecule has 1 saturated carbocycles. The molecule has 2 atom stereocenters. The Morgan fingerprint density at radius 3 is 2.75 bits per heavy atom. The smallest absolute Gasteiger partial charge is 0.248 e. The average molecular weight is 228 g/mol. The molecule has 4 nitrogen and oxygen atoms in total. The summed E-state index contributed by atoms with van der Waals surface area (Å²) in [6, 6.07) is 0. The Morgan fingerprint density at radius 1 is 1.44 bits per heavy atom. The highest BCUT2D eigenvalue weighted by molar-refractivity contribution is 5.77. The number of amides is 1. The molecular formula is C12H24N2O2. The Bertz CT molecular complexity index is 221. The number of nitrogens with zero attached hydrogens (tertiary/aromatic N) is 1. The first-order chi connectivity index (χ1) is 7.69. The zero-order valence-electron chi connectivity index (χ0n) is 10.4. The summed E-state index contributed by atoms with van der Waals surface area (Å²) in [5.41, 5.74) is 5.71. The Morgan fingerprint density at radius 2 is 2.12 bits per heavy atom. The second kappa shape index (κ2) is 6.86. The van der Waals surface area contributed by atoms with Crippen molar-refractivity contribution in [3.8, 4) is 0 Å². The molecule has 1 aliphatic rings. The van der Waals surface area contributed by atoms with Gasteiger partial charge in [0.25, 0.3) is 0 Å². The van der Waals surface area contributed by atoms with Gasteiger partial charge in [0.1, 0.15) is 6.61 Å². The maximum Gasteiger partial charge on any atom is 0.248 e. The molecule has 0 saturated heterocycles. The van der Waals surface area contributed by atoms with Crippen LogP contribution in [0.2, 0.25) is 0 Å². The van der Waals surface area contributed by atoms with Gasteiger partial charge in [-0.15, -0.1) is 0 Å². The first kappa shape index (κ1) is 13.5. The lowest BCUT2D eigenvalue weighted by Crippen LogP contribution is -2.37. The molecule has 0 aromatic rings. The fraction of sp³-hybridized carbons (Fsp3) is 0.917. The summed E-state index contributed by atoms with van der Waals surface area (Å²) >= 11 is 0. The van der Waals surface area contributed by atoms with Crippen LogP contribution in [-0.2, 0) is 9.53 Å². The topological polar surface area (TPSA) is 55.6 Å². The molecule has 4 heteroatoms. The lowest BCUT2D eigenvalue weighted by molar-refractivity contribution is -0.138. The summed E-state index contributed by atoms with van der Waals surface area (Å²) in [5, 5.41) is 0. The van der Waals surface area contributed by atoms with Gasteiger partial charge in [0.2, 0.25) is 5.91 Å². The molecule has 1 amide bonds. The first-order valence-electron chi connectivity index (χ1n) is 6.24. The van der Waals surface area contributed by atoms with Gasteiger partial charge in [0.05, 0.1) is 6.10 Å². The first-order valence-corrected chi connectivity index (χ1v) is 6.24. The Hall–Kier alpha value is -0.610. The van der Waals surface area contributed by atoms with Crippen molar-refractivity contribution in [2.45, 2.75) is 38.7 Å². The van der Waals surface area contributed by atoms with Crippen molar-refractivity contribution in [1.82, 2.24) is 4.90 Å². The molecule has 0 aliphatic heterocycles. The Balaban J connectivity index is 2.32. The fourth-order valence-corrected chi connectivity index (χ4v) is 2.13. The summed E-state index contributed by atoms with van der Waals surface area (Å²) in [6.45, 7) is 3.56. The van der Waals surface area contributed by atoms with Crippen LogP contribution in [-0.4, -0.2) is 43.7 Å². The molecule has 0 spiro atoms. The molecular weight excluding hydrogens is 204 g/mol. The Labute approximate surface area is 98.1 Å². The van der Waals surface area contributed by atoms with Crippen molar-refractivity contribution in [2.75, 3.05) is 26.7 Å². The molecule has 0 bridgehead atoms. The third-order valence-electron chi connectivity index (χ3n) is 3.46. The molecule has 1 rings (SSSR count). The van der Waals surface area contributed by atoms with E-state index in [0.29, 0.717) is 12.5 Å². The number of carbonyl (C=O) groups excluding carboxylic acids is 1. The predicted molar refractivity (Wildman–Crippen MR) is 64.1 cm³/mol. The van der Waals surface area contributed by atoms with E-state index in [1.54, 1.807) is 11.9 Å². The van der Waals surface area contributed by atoms with Crippen LogP contribution in [0.15, 0.2) is 0 Å². The van der Waals surface area contributed by atoms with Crippen LogP contribution < -0.4 is 5.73 Å². The van der Waals surface area contributed by atoms with Crippen LogP contribution in [0, 0.1) is 5.92 Å². The van der Waals surface area contributed by atoms with Gasteiger partial charge >= 0.3 is 0 Å². The van der Waals surface area contributed by atoms with Crippen LogP contribution in [0.3, 0.4) is 0 Å². The van der Waals surface area contributed by atoms with Crippen molar-refractivity contribution in [1.29, 1.82) is 0 Å². The monoisotopic (exact) mass is 228 g/mol. The number of rotatable bonds is 5. The van der Waals surface area contributed by atoms with Gasteiger partial charge in [-0.2, -0.15) is 0 Å². The predicted octanol–water partition coefficient (Wildman–Crippen LogP) is 0.999. The number of hydrogen-bond acceptors (Lipinski definition) is 3. The number of likely N-dealkylation sites (N-methyl/N-ethyl adjacent to an activating group) is 1. The lowest BCUT2D eigenvalue weighted by Gasteiger charge is -2.30. The van der Waals surface area contributed by atoms with Crippen LogP contribution in [0.5, 0.6) is 0 Å². The van der Waals surface area contributed by atoms with Gasteiger partial charge in [-0.25, -0.2) is 0 Å². The fourth-order valence-electron chi connectivity index (χ4n) is 2.13. The third kappa shape index (κ3) is 3.76. The summed E-state index contributed by atoms with van der Waals surface area (Å²) in [4.78, 5) is 13.3. The highest BCUT2D eigenvalue weighted by Gasteiger charge is 2.25. The summed E-state index contributed by atoms with van der Waals surface area (Å²) in [6.07, 6.45) is 4.81. The highest BCUT2D eigenvalue weighted by atomic mass is 16.5. The molecule has 0 radical (unpaired) electrons. The molecule has 0 heterocycles. The number of ether oxygens (including phenoxy) is 1. The van der Waals surface area contributed by atoms with E-state index >= 15 is 0 Å². The van der Waals surface area contributed by atoms with Crippen molar-refractivity contribution in [3.05, 3.63) is 0 Å². The van der Waals surface area contributed by atoms with Crippen molar-refractivity contribution in [2.24, 2.45) is 11.7 Å². The minimum Gasteiger partial charge on any atom is -0.368 e. The van der Waals surface area contributed by atoms with Crippen LogP contribution in [0.25, 0.3) is 0 Å². The van der Waals surface area contributed by atoms with Crippen LogP contribution in [0.4, 0.5) is 0 Å². The quantitative estimate of drug-likeness (QED) is 0.763. The molecule has 2 unspecified atom stereocenters. The van der Waals surface area contributed by atoms with Gasteiger partial charge in [-0.05, 0) is 32.2 Å². The summed E-state index contributed by atoms with van der Waals surface area (Å²) < 4.78 is 5.70. The maximum absolute atomic E-state index is 11.6. The van der Waals surface area contributed by atoms with Crippen molar-refractivity contribution < 1.29 is 9.53 Å². The van der Waals surface area contributed by atoms with Gasteiger partial charge < -0.3 is 15.4 Å². The normalized spacial score (nSPS) is 25.4. The second-order valence-corrected chi connectivity index (χ2v) is 4.54. The largest absolute Gasteiger partial charge is 0.368 e. The molecule has 0 aromatic heterocycles. The highest BCUT2D eigenvalue weighted by Crippen LogP contribution is 2.25. The molecule has 1 aliphatic carbocycles. The number of hydrogen-bond donors (Lipinski definition) is 1. The van der Waals surface area contributed by atoms with Crippen molar-refractivity contribution >= 4 is 5.91 Å². The van der Waals surface area contributed by atoms with Gasteiger partial charge in [0.15, 0.2) is 0 Å². The molecule has 2 N–H and O–H groups in total. The maximum atomic E-state index is 11.6. The average Bonchev–Trinajstić information content (AvgIpc) is 2.35. The van der Waals surface area contributed by atoms with E-state index < -0.39 is 0 Å². The van der Waals surface area contributed by atoms with Gasteiger partial charge in [0, 0.05) is 13.6 Å². The zero-order valence-corrected chi connectivity index (χ0v) is 10.4. The molecule has 16 heavy (non-hydrogen) atoms. The molecule has 0 aromatic carbocycles. The van der Waals surface area contributed by atoms with E-state index in [9.17, 15) is 4.79 Å². The Kier molecular flexibility index (Phi) is 5.77. The zero-order chi connectivity index (χ0) is 12.0. The molecule has 1 fully saturated rings. The van der Waals surface area contributed by atoms with Crippen molar-refractivity contribution in [3.63, 3.8) is 0 Å². The summed E-state index contributed by atoms with van der Waals surface area (Å²) in [7, 11) is 1.80. The van der Waals surface area contributed by atoms with E-state index in [4.69, 9.17) is 10.5 Å². The van der Waals surface area contributed by atoms with E-state index in [-0.39, 0.29) is 18.6 Å². The van der Waals surface area contributed by atoms with Gasteiger partial charge in [-0.1, -0.05) is 12.8 Å². The molecule has 94 valence electrons. The minimum atomic E-state index is 0.0591. The van der Waals surface area contributed by atoms with E-state index in [1.807, 2.05) is 6.92 Å². The van der Waals surface area contributed by atoms with E-state index in [1.165, 1.54) is 12.8 Å². The third-order valence-corrected chi connectivity index (χ3v) is 3.46. The minimum absolute atomic E-state index is 0.0591. The van der Waals surface area contributed by atoms with Crippen LogP contribution >= 0.6 is 0 Å². The van der Waals surface area contributed by atoms with E-state index in [0.717, 1.165) is 19.4 Å². The lowest BCUT2D eigenvalue weighted by atomic mass is 9.86.